The molecular weight excluding hydrogens is 432 g/mol. The number of amides is 2. The van der Waals surface area contributed by atoms with Crippen LogP contribution in [0.25, 0.3) is 0 Å². The Balaban J connectivity index is 1.42. The van der Waals surface area contributed by atoms with E-state index in [9.17, 15) is 9.59 Å². The minimum Gasteiger partial charge on any atom is -0.497 e. The Bertz CT molecular complexity index is 1180. The van der Waals surface area contributed by atoms with E-state index in [-0.39, 0.29) is 25.2 Å². The standard InChI is InChI=1S/C27H26N2O5/c1-32-22-10-8-21(9-11-22)26-27(31)28(14-13-19-5-3-2-4-6-19)17-25(30)29(26)16-20-7-12-23-24(15-20)34-18-33-23/h2-12,15,26H,13-14,16-18H2,1H3. The maximum Gasteiger partial charge on any atom is 0.250 e. The molecule has 2 heterocycles. The van der Waals surface area contributed by atoms with Crippen LogP contribution in [0.2, 0.25) is 0 Å². The third kappa shape index (κ3) is 4.41. The molecule has 1 fully saturated rings. The molecule has 0 saturated carbocycles. The van der Waals surface area contributed by atoms with Gasteiger partial charge >= 0.3 is 0 Å². The van der Waals surface area contributed by atoms with E-state index in [1.165, 1.54) is 0 Å². The van der Waals surface area contributed by atoms with Gasteiger partial charge in [-0.25, -0.2) is 0 Å². The molecule has 0 spiro atoms. The molecule has 7 heteroatoms. The maximum atomic E-state index is 13.7. The number of carbonyl (C=O) groups excluding carboxylic acids is 2. The van der Waals surface area contributed by atoms with Crippen LogP contribution in [0.15, 0.2) is 72.8 Å². The monoisotopic (exact) mass is 458 g/mol. The number of hydrogen-bond acceptors (Lipinski definition) is 5. The molecule has 2 aliphatic heterocycles. The van der Waals surface area contributed by atoms with Crippen LogP contribution >= 0.6 is 0 Å². The van der Waals surface area contributed by atoms with Crippen LogP contribution in [0.3, 0.4) is 0 Å². The number of carbonyl (C=O) groups is 2. The van der Waals surface area contributed by atoms with Gasteiger partial charge < -0.3 is 24.0 Å². The minimum atomic E-state index is -0.714. The van der Waals surface area contributed by atoms with Gasteiger partial charge in [-0.05, 0) is 47.4 Å². The molecule has 2 amide bonds. The molecule has 0 aromatic heterocycles. The number of hydrogen-bond donors (Lipinski definition) is 0. The summed E-state index contributed by atoms with van der Waals surface area (Å²) in [5.74, 6) is 1.86. The van der Waals surface area contributed by atoms with Gasteiger partial charge in [0, 0.05) is 13.1 Å². The number of piperazine rings is 1. The summed E-state index contributed by atoms with van der Waals surface area (Å²) in [4.78, 5) is 30.4. The number of rotatable bonds is 7. The maximum absolute atomic E-state index is 13.7. The lowest BCUT2D eigenvalue weighted by Gasteiger charge is -2.40. The molecule has 2 aliphatic rings. The van der Waals surface area contributed by atoms with Crippen molar-refractivity contribution in [2.75, 3.05) is 27.0 Å². The molecule has 3 aromatic carbocycles. The summed E-state index contributed by atoms with van der Waals surface area (Å²) in [6, 6.07) is 22.2. The van der Waals surface area contributed by atoms with E-state index in [1.807, 2.05) is 72.8 Å². The van der Waals surface area contributed by atoms with E-state index in [1.54, 1.807) is 16.9 Å². The average molecular weight is 459 g/mol. The predicted octanol–water partition coefficient (Wildman–Crippen LogP) is 3.58. The fraction of sp³-hybridized carbons (Fsp3) is 0.259. The van der Waals surface area contributed by atoms with Crippen molar-refractivity contribution in [3.05, 3.63) is 89.5 Å². The van der Waals surface area contributed by atoms with Crippen molar-refractivity contribution in [2.45, 2.75) is 19.0 Å². The second-order valence-electron chi connectivity index (χ2n) is 8.38. The number of nitrogens with zero attached hydrogens (tertiary/aromatic N) is 2. The average Bonchev–Trinajstić information content (AvgIpc) is 3.34. The number of methoxy groups -OCH3 is 1. The van der Waals surface area contributed by atoms with Crippen LogP contribution < -0.4 is 14.2 Å². The molecule has 3 aromatic rings. The fourth-order valence-corrected chi connectivity index (χ4v) is 4.40. The van der Waals surface area contributed by atoms with E-state index in [0.717, 1.165) is 16.7 Å². The third-order valence-corrected chi connectivity index (χ3v) is 6.24. The lowest BCUT2D eigenvalue weighted by Crippen LogP contribution is -2.55. The van der Waals surface area contributed by atoms with Crippen molar-refractivity contribution in [1.29, 1.82) is 0 Å². The van der Waals surface area contributed by atoms with Gasteiger partial charge in [0.1, 0.15) is 11.8 Å². The first-order chi connectivity index (χ1) is 16.6. The van der Waals surface area contributed by atoms with Gasteiger partial charge in [-0.3, -0.25) is 9.59 Å². The van der Waals surface area contributed by atoms with E-state index >= 15 is 0 Å². The molecule has 1 unspecified atom stereocenters. The highest BCUT2D eigenvalue weighted by molar-refractivity contribution is 5.95. The van der Waals surface area contributed by atoms with Crippen molar-refractivity contribution in [3.8, 4) is 17.2 Å². The molecule has 5 rings (SSSR count). The highest BCUT2D eigenvalue weighted by Crippen LogP contribution is 2.35. The first-order valence-electron chi connectivity index (χ1n) is 11.3. The van der Waals surface area contributed by atoms with Crippen molar-refractivity contribution >= 4 is 11.8 Å². The normalized spacial score (nSPS) is 17.3. The van der Waals surface area contributed by atoms with Gasteiger partial charge in [0.15, 0.2) is 11.5 Å². The van der Waals surface area contributed by atoms with Crippen LogP contribution in [-0.2, 0) is 22.6 Å². The number of fused-ring (bicyclic) bond motifs is 1. The number of benzene rings is 3. The van der Waals surface area contributed by atoms with Gasteiger partial charge in [0.2, 0.25) is 12.7 Å². The zero-order valence-electron chi connectivity index (χ0n) is 19.0. The summed E-state index contributed by atoms with van der Waals surface area (Å²) in [6.07, 6.45) is 0.692. The topological polar surface area (TPSA) is 68.3 Å². The Hall–Kier alpha value is -4.00. The smallest absolute Gasteiger partial charge is 0.250 e. The number of ether oxygens (including phenoxy) is 3. The Kier molecular flexibility index (Phi) is 6.08. The lowest BCUT2D eigenvalue weighted by atomic mass is 9.99. The van der Waals surface area contributed by atoms with Crippen molar-refractivity contribution in [3.63, 3.8) is 0 Å². The molecule has 7 nitrogen and oxygen atoms in total. The van der Waals surface area contributed by atoms with Gasteiger partial charge in [0.25, 0.3) is 5.91 Å². The fourth-order valence-electron chi connectivity index (χ4n) is 4.40. The van der Waals surface area contributed by atoms with E-state index in [2.05, 4.69) is 0 Å². The summed E-state index contributed by atoms with van der Waals surface area (Å²) in [5.41, 5.74) is 2.76. The summed E-state index contributed by atoms with van der Waals surface area (Å²) >= 11 is 0. The molecule has 0 bridgehead atoms. The van der Waals surface area contributed by atoms with Gasteiger partial charge in [-0.15, -0.1) is 0 Å². The molecule has 0 N–H and O–H groups in total. The van der Waals surface area contributed by atoms with Crippen LogP contribution in [0.5, 0.6) is 17.2 Å². The summed E-state index contributed by atoms with van der Waals surface area (Å²) in [7, 11) is 1.60. The van der Waals surface area contributed by atoms with Gasteiger partial charge in [-0.2, -0.15) is 0 Å². The van der Waals surface area contributed by atoms with Crippen molar-refractivity contribution in [1.82, 2.24) is 9.80 Å². The first kappa shape index (κ1) is 21.8. The lowest BCUT2D eigenvalue weighted by molar-refractivity contribution is -0.157. The molecule has 174 valence electrons. The van der Waals surface area contributed by atoms with E-state index in [0.29, 0.717) is 36.8 Å². The predicted molar refractivity (Wildman–Crippen MR) is 126 cm³/mol. The van der Waals surface area contributed by atoms with Crippen LogP contribution in [-0.4, -0.2) is 48.6 Å². The Morgan fingerprint density at radius 2 is 1.68 bits per heavy atom. The second kappa shape index (κ2) is 9.47. The van der Waals surface area contributed by atoms with Gasteiger partial charge in [-0.1, -0.05) is 48.5 Å². The van der Waals surface area contributed by atoms with E-state index < -0.39 is 6.04 Å². The Morgan fingerprint density at radius 1 is 0.912 bits per heavy atom. The molecule has 1 saturated heterocycles. The highest BCUT2D eigenvalue weighted by Gasteiger charge is 2.40. The Morgan fingerprint density at radius 3 is 2.44 bits per heavy atom. The largest absolute Gasteiger partial charge is 0.497 e. The minimum absolute atomic E-state index is 0.0584. The zero-order chi connectivity index (χ0) is 23.5. The zero-order valence-corrected chi connectivity index (χ0v) is 19.0. The molecule has 1 atom stereocenters. The van der Waals surface area contributed by atoms with Crippen LogP contribution in [0, 0.1) is 0 Å². The van der Waals surface area contributed by atoms with E-state index in [4.69, 9.17) is 14.2 Å². The van der Waals surface area contributed by atoms with Crippen LogP contribution in [0.1, 0.15) is 22.7 Å². The summed E-state index contributed by atoms with van der Waals surface area (Å²) < 4.78 is 16.2. The molecule has 0 radical (unpaired) electrons. The van der Waals surface area contributed by atoms with Crippen LogP contribution in [0.4, 0.5) is 0 Å². The van der Waals surface area contributed by atoms with Gasteiger partial charge in [0.05, 0.1) is 13.7 Å². The molecular formula is C27H26N2O5. The first-order valence-corrected chi connectivity index (χ1v) is 11.3. The highest BCUT2D eigenvalue weighted by atomic mass is 16.7. The van der Waals surface area contributed by atoms with Crippen molar-refractivity contribution in [2.24, 2.45) is 0 Å². The summed E-state index contributed by atoms with van der Waals surface area (Å²) in [5, 5.41) is 0. The summed E-state index contributed by atoms with van der Waals surface area (Å²) in [6.45, 7) is 1.02. The Labute approximate surface area is 198 Å². The molecule has 0 aliphatic carbocycles. The quantitative estimate of drug-likeness (QED) is 0.542. The van der Waals surface area contributed by atoms with Crippen molar-refractivity contribution < 1.29 is 23.8 Å². The second-order valence-corrected chi connectivity index (χ2v) is 8.38. The third-order valence-electron chi connectivity index (χ3n) is 6.24. The SMILES string of the molecule is COc1ccc(C2C(=O)N(CCc3ccccc3)CC(=O)N2Cc2ccc3c(c2)OCO3)cc1. The molecule has 34 heavy (non-hydrogen) atoms.